The average Bonchev–Trinajstić information content (AvgIpc) is 3.03. The third-order valence-corrected chi connectivity index (χ3v) is 8.53. The number of amides is 1. The van der Waals surface area contributed by atoms with Gasteiger partial charge in [0.1, 0.15) is 32.5 Å². The molecule has 0 spiro atoms. The van der Waals surface area contributed by atoms with E-state index in [4.69, 9.17) is 11.5 Å². The standard InChI is InChI=1S/C29H22N8O10S2/c30-20-13-21(31)24(37(40)41)14-23(20)35-33-17-7-5-15(6-8-17)29(39)32-18-9-10-19-16(11-18)12-26(49(45,46)47)27(28(19)38)36-34-22-3-1-2-4-25(22)48(42,43)44/h1-14,38H,30-31H2,(H,32,39)(H,42,43,44)(H,45,46,47). The number of fused-ring (bicyclic) bond motifs is 1. The van der Waals surface area contributed by atoms with Crippen LogP contribution >= 0.6 is 0 Å². The van der Waals surface area contributed by atoms with Crippen molar-refractivity contribution in [2.45, 2.75) is 9.79 Å². The van der Waals surface area contributed by atoms with Gasteiger partial charge in [0.25, 0.3) is 31.8 Å². The molecule has 0 aliphatic heterocycles. The summed E-state index contributed by atoms with van der Waals surface area (Å²) in [6.07, 6.45) is 0. The highest BCUT2D eigenvalue weighted by Crippen LogP contribution is 2.42. The van der Waals surface area contributed by atoms with Crippen LogP contribution in [0.3, 0.4) is 0 Å². The zero-order chi connectivity index (χ0) is 35.7. The summed E-state index contributed by atoms with van der Waals surface area (Å²) >= 11 is 0. The van der Waals surface area contributed by atoms with E-state index < -0.39 is 52.3 Å². The smallest absolute Gasteiger partial charge is 0.296 e. The van der Waals surface area contributed by atoms with Crippen molar-refractivity contribution in [1.29, 1.82) is 0 Å². The number of nitro groups is 1. The number of nitrogens with zero attached hydrogens (tertiary/aromatic N) is 5. The number of azo groups is 2. The van der Waals surface area contributed by atoms with E-state index in [9.17, 15) is 46.0 Å². The van der Waals surface area contributed by atoms with E-state index in [1.165, 1.54) is 60.7 Å². The molecule has 0 aliphatic carbocycles. The zero-order valence-corrected chi connectivity index (χ0v) is 26.1. The molecule has 5 aromatic carbocycles. The minimum absolute atomic E-state index is 0.0138. The van der Waals surface area contributed by atoms with Gasteiger partial charge >= 0.3 is 0 Å². The number of hydrogen-bond donors (Lipinski definition) is 6. The number of rotatable bonds is 9. The van der Waals surface area contributed by atoms with E-state index in [2.05, 4.69) is 25.8 Å². The topological polar surface area (TPSA) is 303 Å². The molecule has 49 heavy (non-hydrogen) atoms. The minimum Gasteiger partial charge on any atom is -0.505 e. The number of phenols is 1. The maximum absolute atomic E-state index is 13.0. The molecule has 0 heterocycles. The molecule has 0 aromatic heterocycles. The molecule has 0 unspecified atom stereocenters. The predicted octanol–water partition coefficient (Wildman–Crippen LogP) is 6.19. The summed E-state index contributed by atoms with van der Waals surface area (Å²) in [6, 6.07) is 17.9. The fraction of sp³-hybridized carbons (Fsp3) is 0. The number of benzene rings is 5. The highest BCUT2D eigenvalue weighted by Gasteiger charge is 2.23. The molecule has 8 N–H and O–H groups in total. The van der Waals surface area contributed by atoms with Gasteiger partial charge in [0.05, 0.1) is 16.3 Å². The van der Waals surface area contributed by atoms with Gasteiger partial charge in [0.2, 0.25) is 0 Å². The van der Waals surface area contributed by atoms with Crippen LogP contribution in [0.1, 0.15) is 10.4 Å². The highest BCUT2D eigenvalue weighted by atomic mass is 32.2. The second-order valence-electron chi connectivity index (χ2n) is 10.1. The molecule has 20 heteroatoms. The van der Waals surface area contributed by atoms with Crippen LogP contribution in [-0.2, 0) is 20.2 Å². The second-order valence-corrected chi connectivity index (χ2v) is 12.8. The number of nitrogens with two attached hydrogens (primary N) is 2. The van der Waals surface area contributed by atoms with Crippen LogP contribution in [0.5, 0.6) is 5.75 Å². The van der Waals surface area contributed by atoms with Crippen molar-refractivity contribution < 1.29 is 40.8 Å². The van der Waals surface area contributed by atoms with Crippen LogP contribution in [0.4, 0.5) is 45.5 Å². The molecular weight excluding hydrogens is 684 g/mol. The van der Waals surface area contributed by atoms with Crippen LogP contribution in [0.15, 0.2) is 115 Å². The van der Waals surface area contributed by atoms with Crippen molar-refractivity contribution in [2.75, 3.05) is 16.8 Å². The van der Waals surface area contributed by atoms with Crippen molar-refractivity contribution in [3.8, 4) is 5.75 Å². The van der Waals surface area contributed by atoms with Crippen molar-refractivity contribution in [1.82, 2.24) is 0 Å². The van der Waals surface area contributed by atoms with Gasteiger partial charge in [-0.2, -0.15) is 21.9 Å². The van der Waals surface area contributed by atoms with Gasteiger partial charge in [0, 0.05) is 22.7 Å². The molecular formula is C29H22N8O10S2. The van der Waals surface area contributed by atoms with Crippen molar-refractivity contribution in [3.05, 3.63) is 101 Å². The van der Waals surface area contributed by atoms with E-state index in [1.54, 1.807) is 0 Å². The van der Waals surface area contributed by atoms with E-state index in [1.807, 2.05) is 0 Å². The summed E-state index contributed by atoms with van der Waals surface area (Å²) in [4.78, 5) is 21.9. The van der Waals surface area contributed by atoms with Crippen LogP contribution in [0, 0.1) is 10.1 Å². The summed E-state index contributed by atoms with van der Waals surface area (Å²) in [5, 5.41) is 40.0. The van der Waals surface area contributed by atoms with Gasteiger partial charge < -0.3 is 21.9 Å². The molecule has 250 valence electrons. The van der Waals surface area contributed by atoms with E-state index in [0.29, 0.717) is 0 Å². The third-order valence-electron chi connectivity index (χ3n) is 6.76. The summed E-state index contributed by atoms with van der Waals surface area (Å²) in [6.45, 7) is 0. The molecule has 0 atom stereocenters. The van der Waals surface area contributed by atoms with Crippen LogP contribution < -0.4 is 16.8 Å². The fourth-order valence-corrected chi connectivity index (χ4v) is 5.72. The van der Waals surface area contributed by atoms with Gasteiger partial charge in [-0.3, -0.25) is 24.0 Å². The number of nitrogen functional groups attached to an aromatic ring is 2. The number of nitrogens with one attached hydrogen (secondary N) is 1. The molecule has 1 amide bonds. The first kappa shape index (κ1) is 34.0. The van der Waals surface area contributed by atoms with Crippen molar-refractivity contribution >= 4 is 82.4 Å². The molecule has 5 rings (SSSR count). The van der Waals surface area contributed by atoms with Crippen LogP contribution in [0.25, 0.3) is 10.8 Å². The second kappa shape index (κ2) is 13.0. The SMILES string of the molecule is Nc1cc(N)c([N+](=O)[O-])cc1N=Nc1ccc(C(=O)Nc2ccc3c(O)c(N=Nc4ccccc4S(=O)(=O)O)c(S(=O)(=O)O)cc3c2)cc1. The highest BCUT2D eigenvalue weighted by molar-refractivity contribution is 7.86. The average molecular weight is 707 g/mol. The molecule has 0 saturated carbocycles. The number of carbonyl (C=O) groups excluding carboxylic acids is 1. The van der Waals surface area contributed by atoms with E-state index in [0.717, 1.165) is 24.3 Å². The summed E-state index contributed by atoms with van der Waals surface area (Å²) in [5.74, 6) is -1.33. The Balaban J connectivity index is 1.40. The Bertz CT molecular complexity index is 2450. The van der Waals surface area contributed by atoms with E-state index in [-0.39, 0.29) is 56.1 Å². The first-order chi connectivity index (χ1) is 23.0. The van der Waals surface area contributed by atoms with Gasteiger partial charge in [-0.15, -0.1) is 15.3 Å². The third kappa shape index (κ3) is 7.47. The number of nitro benzene ring substituents is 1. The lowest BCUT2D eigenvalue weighted by atomic mass is 10.1. The molecule has 0 saturated heterocycles. The lowest BCUT2D eigenvalue weighted by Gasteiger charge is -2.11. The lowest BCUT2D eigenvalue weighted by Crippen LogP contribution is -2.11. The molecule has 18 nitrogen and oxygen atoms in total. The van der Waals surface area contributed by atoms with E-state index >= 15 is 0 Å². The Labute approximate surface area is 276 Å². The van der Waals surface area contributed by atoms with Gasteiger partial charge in [-0.1, -0.05) is 12.1 Å². The van der Waals surface area contributed by atoms with Crippen LogP contribution in [-0.4, -0.2) is 41.9 Å². The number of aromatic hydroxyl groups is 1. The normalized spacial score (nSPS) is 12.1. The monoisotopic (exact) mass is 706 g/mol. The Hall–Kier alpha value is -6.35. The number of hydrogen-bond acceptors (Lipinski definition) is 14. The summed E-state index contributed by atoms with van der Waals surface area (Å²) < 4.78 is 67.2. The maximum atomic E-state index is 13.0. The summed E-state index contributed by atoms with van der Waals surface area (Å²) in [7, 11) is -9.77. The van der Waals surface area contributed by atoms with Crippen LogP contribution in [0.2, 0.25) is 0 Å². The Morgan fingerprint density at radius 2 is 1.41 bits per heavy atom. The quantitative estimate of drug-likeness (QED) is 0.0328. The molecule has 0 radical (unpaired) electrons. The lowest BCUT2D eigenvalue weighted by molar-refractivity contribution is -0.383. The molecule has 0 bridgehead atoms. The number of anilines is 3. The number of phenolic OH excluding ortho intramolecular Hbond substituents is 1. The maximum Gasteiger partial charge on any atom is 0.296 e. The summed E-state index contributed by atoms with van der Waals surface area (Å²) in [5.41, 5.74) is 10.5. The fourth-order valence-electron chi connectivity index (χ4n) is 4.44. The Morgan fingerprint density at radius 3 is 2.06 bits per heavy atom. The molecule has 5 aromatic rings. The molecule has 0 fully saturated rings. The van der Waals surface area contributed by atoms with Gasteiger partial charge in [-0.05, 0) is 72.1 Å². The first-order valence-corrected chi connectivity index (χ1v) is 16.3. The van der Waals surface area contributed by atoms with Gasteiger partial charge in [0.15, 0.2) is 5.75 Å². The Morgan fingerprint density at radius 1 is 0.755 bits per heavy atom. The van der Waals surface area contributed by atoms with Crippen molar-refractivity contribution in [3.63, 3.8) is 0 Å². The first-order valence-electron chi connectivity index (χ1n) is 13.4. The van der Waals surface area contributed by atoms with Gasteiger partial charge in [-0.25, -0.2) is 0 Å². The zero-order valence-electron chi connectivity index (χ0n) is 24.5. The largest absolute Gasteiger partial charge is 0.505 e. The Kier molecular flexibility index (Phi) is 9.05. The van der Waals surface area contributed by atoms with Crippen molar-refractivity contribution in [2.24, 2.45) is 20.5 Å². The number of carbonyl (C=O) groups is 1. The minimum atomic E-state index is -5.03. The molecule has 0 aliphatic rings. The predicted molar refractivity (Wildman–Crippen MR) is 176 cm³/mol.